The van der Waals surface area contributed by atoms with Crippen molar-refractivity contribution in [1.82, 2.24) is 14.8 Å². The molecule has 2 heterocycles. The third-order valence-corrected chi connectivity index (χ3v) is 3.18. The molecule has 0 fully saturated rings. The summed E-state index contributed by atoms with van der Waals surface area (Å²) < 4.78 is 2.00. The number of hydrogen-bond donors (Lipinski definition) is 1. The lowest BCUT2D eigenvalue weighted by Gasteiger charge is -2.08. The van der Waals surface area contributed by atoms with Crippen LogP contribution in [-0.2, 0) is 13.1 Å². The van der Waals surface area contributed by atoms with Gasteiger partial charge in [0.2, 0.25) is 0 Å². The van der Waals surface area contributed by atoms with Gasteiger partial charge in [-0.1, -0.05) is 6.07 Å². The minimum absolute atomic E-state index is 0.777. The van der Waals surface area contributed by atoms with Gasteiger partial charge in [0.05, 0.1) is 17.8 Å². The summed E-state index contributed by atoms with van der Waals surface area (Å²) in [5.74, 6) is 0. The van der Waals surface area contributed by atoms with E-state index in [4.69, 9.17) is 0 Å². The number of rotatable bonds is 4. The summed E-state index contributed by atoms with van der Waals surface area (Å²) in [6.07, 6.45) is 3.65. The van der Waals surface area contributed by atoms with E-state index in [0.717, 1.165) is 29.7 Å². The Hall–Kier alpha value is -2.36. The third-order valence-electron chi connectivity index (χ3n) is 3.18. The van der Waals surface area contributed by atoms with Crippen LogP contribution >= 0.6 is 0 Å². The first kappa shape index (κ1) is 11.7. The molecule has 2 aromatic heterocycles. The van der Waals surface area contributed by atoms with Gasteiger partial charge in [0.25, 0.3) is 0 Å². The smallest absolute Gasteiger partial charge is 0.0703 e. The maximum atomic E-state index is 4.32. The topological polar surface area (TPSA) is 42.7 Å². The minimum Gasteiger partial charge on any atom is -0.379 e. The first-order valence-electron chi connectivity index (χ1n) is 6.46. The van der Waals surface area contributed by atoms with Gasteiger partial charge in [0, 0.05) is 30.0 Å². The number of benzene rings is 1. The highest BCUT2D eigenvalue weighted by atomic mass is 15.3. The number of pyridine rings is 1. The second kappa shape index (κ2) is 5.10. The second-order valence-corrected chi connectivity index (χ2v) is 4.40. The molecule has 1 N–H and O–H groups in total. The highest BCUT2D eigenvalue weighted by Gasteiger charge is 2.01. The molecule has 3 aromatic rings. The molecule has 0 atom stereocenters. The zero-order valence-corrected chi connectivity index (χ0v) is 10.9. The van der Waals surface area contributed by atoms with Crippen LogP contribution in [0.4, 0.5) is 5.69 Å². The molecule has 0 spiro atoms. The molecule has 0 aliphatic carbocycles. The van der Waals surface area contributed by atoms with Gasteiger partial charge in [-0.25, -0.2) is 0 Å². The fraction of sp³-hybridized carbons (Fsp3) is 0.200. The van der Waals surface area contributed by atoms with Crippen molar-refractivity contribution in [2.24, 2.45) is 0 Å². The van der Waals surface area contributed by atoms with E-state index in [9.17, 15) is 0 Å². The first-order valence-corrected chi connectivity index (χ1v) is 6.46. The Bertz CT molecular complexity index is 687. The van der Waals surface area contributed by atoms with Crippen LogP contribution in [0.15, 0.2) is 48.8 Å². The SMILES string of the molecule is CCn1nccc1CNc1ccc2ncccc2c1. The molecular formula is C15H16N4. The number of hydrogen-bond acceptors (Lipinski definition) is 3. The van der Waals surface area contributed by atoms with Crippen molar-refractivity contribution in [1.29, 1.82) is 0 Å². The lowest BCUT2D eigenvalue weighted by Crippen LogP contribution is -2.07. The summed E-state index contributed by atoms with van der Waals surface area (Å²) >= 11 is 0. The fourth-order valence-corrected chi connectivity index (χ4v) is 2.17. The van der Waals surface area contributed by atoms with E-state index in [1.54, 1.807) is 0 Å². The van der Waals surface area contributed by atoms with Crippen LogP contribution < -0.4 is 5.32 Å². The van der Waals surface area contributed by atoms with Crippen molar-refractivity contribution in [2.75, 3.05) is 5.32 Å². The summed E-state index contributed by atoms with van der Waals surface area (Å²) in [4.78, 5) is 4.32. The summed E-state index contributed by atoms with van der Waals surface area (Å²) in [7, 11) is 0. The molecule has 19 heavy (non-hydrogen) atoms. The second-order valence-electron chi connectivity index (χ2n) is 4.40. The van der Waals surface area contributed by atoms with Gasteiger partial charge < -0.3 is 5.32 Å². The Kier molecular flexibility index (Phi) is 3.14. The summed E-state index contributed by atoms with van der Waals surface area (Å²) in [5.41, 5.74) is 3.31. The standard InChI is InChI=1S/C15H16N4/c1-2-19-14(7-9-18-19)11-17-13-5-6-15-12(10-13)4-3-8-16-15/h3-10,17H,2,11H2,1H3. The molecule has 96 valence electrons. The largest absolute Gasteiger partial charge is 0.379 e. The molecule has 1 aromatic carbocycles. The van der Waals surface area contributed by atoms with Gasteiger partial charge in [-0.05, 0) is 37.3 Å². The minimum atomic E-state index is 0.777. The highest BCUT2D eigenvalue weighted by Crippen LogP contribution is 2.17. The number of nitrogens with zero attached hydrogens (tertiary/aromatic N) is 3. The van der Waals surface area contributed by atoms with Gasteiger partial charge >= 0.3 is 0 Å². The number of aryl methyl sites for hydroxylation is 1. The molecule has 0 saturated heterocycles. The average molecular weight is 252 g/mol. The van der Waals surface area contributed by atoms with Crippen LogP contribution in [0.3, 0.4) is 0 Å². The molecule has 0 amide bonds. The molecular weight excluding hydrogens is 236 g/mol. The zero-order valence-electron chi connectivity index (χ0n) is 10.9. The van der Waals surface area contributed by atoms with Gasteiger partial charge in [0.15, 0.2) is 0 Å². The molecule has 3 rings (SSSR count). The number of fused-ring (bicyclic) bond motifs is 1. The molecule has 4 heteroatoms. The Morgan fingerprint density at radius 3 is 3.00 bits per heavy atom. The molecule has 0 aliphatic heterocycles. The third kappa shape index (κ3) is 2.42. The van der Waals surface area contributed by atoms with Crippen LogP contribution in [0.2, 0.25) is 0 Å². The molecule has 0 unspecified atom stereocenters. The van der Waals surface area contributed by atoms with Crippen LogP contribution in [0.25, 0.3) is 10.9 Å². The predicted molar refractivity (Wildman–Crippen MR) is 77.0 cm³/mol. The molecule has 0 radical (unpaired) electrons. The van der Waals surface area contributed by atoms with E-state index in [1.165, 1.54) is 5.69 Å². The Balaban J connectivity index is 1.78. The van der Waals surface area contributed by atoms with Crippen molar-refractivity contribution in [3.05, 3.63) is 54.5 Å². The fourth-order valence-electron chi connectivity index (χ4n) is 2.17. The summed E-state index contributed by atoms with van der Waals surface area (Å²) in [6, 6.07) is 12.3. The van der Waals surface area contributed by atoms with Crippen LogP contribution in [0, 0.1) is 0 Å². The highest BCUT2D eigenvalue weighted by molar-refractivity contribution is 5.82. The van der Waals surface area contributed by atoms with Crippen molar-refractivity contribution < 1.29 is 0 Å². The lowest BCUT2D eigenvalue weighted by atomic mass is 10.2. The van der Waals surface area contributed by atoms with Gasteiger partial charge in [-0.15, -0.1) is 0 Å². The number of aromatic nitrogens is 3. The van der Waals surface area contributed by atoms with Crippen LogP contribution in [-0.4, -0.2) is 14.8 Å². The lowest BCUT2D eigenvalue weighted by molar-refractivity contribution is 0.627. The molecule has 0 saturated carbocycles. The quantitative estimate of drug-likeness (QED) is 0.776. The van der Waals surface area contributed by atoms with Crippen LogP contribution in [0.5, 0.6) is 0 Å². The number of anilines is 1. The van der Waals surface area contributed by atoms with Gasteiger partial charge in [-0.3, -0.25) is 9.67 Å². The maximum absolute atomic E-state index is 4.32. The maximum Gasteiger partial charge on any atom is 0.0703 e. The van der Waals surface area contributed by atoms with Crippen molar-refractivity contribution >= 4 is 16.6 Å². The molecule has 0 aliphatic rings. The Labute approximate surface area is 112 Å². The van der Waals surface area contributed by atoms with Crippen molar-refractivity contribution in [3.63, 3.8) is 0 Å². The van der Waals surface area contributed by atoms with E-state index in [2.05, 4.69) is 40.5 Å². The molecule has 4 nitrogen and oxygen atoms in total. The first-order chi connectivity index (χ1) is 9.36. The van der Waals surface area contributed by atoms with E-state index in [0.29, 0.717) is 0 Å². The molecule has 0 bridgehead atoms. The summed E-state index contributed by atoms with van der Waals surface area (Å²) in [6.45, 7) is 3.77. The van der Waals surface area contributed by atoms with Gasteiger partial charge in [-0.2, -0.15) is 5.10 Å². The van der Waals surface area contributed by atoms with Gasteiger partial charge in [0.1, 0.15) is 0 Å². The van der Waals surface area contributed by atoms with Crippen molar-refractivity contribution in [2.45, 2.75) is 20.0 Å². The van der Waals surface area contributed by atoms with E-state index < -0.39 is 0 Å². The van der Waals surface area contributed by atoms with E-state index in [1.807, 2.05) is 35.3 Å². The van der Waals surface area contributed by atoms with Crippen LogP contribution in [0.1, 0.15) is 12.6 Å². The predicted octanol–water partition coefficient (Wildman–Crippen LogP) is 3.06. The Morgan fingerprint density at radius 1 is 1.16 bits per heavy atom. The van der Waals surface area contributed by atoms with Crippen molar-refractivity contribution in [3.8, 4) is 0 Å². The zero-order chi connectivity index (χ0) is 13.1. The van der Waals surface area contributed by atoms with E-state index >= 15 is 0 Å². The monoisotopic (exact) mass is 252 g/mol. The summed E-state index contributed by atoms with van der Waals surface area (Å²) in [5, 5.41) is 8.84. The van der Waals surface area contributed by atoms with E-state index in [-0.39, 0.29) is 0 Å². The average Bonchev–Trinajstić information content (AvgIpc) is 2.92. The normalized spacial score (nSPS) is 10.8. The number of nitrogens with one attached hydrogen (secondary N) is 1. The Morgan fingerprint density at radius 2 is 2.11 bits per heavy atom.